The van der Waals surface area contributed by atoms with Gasteiger partial charge < -0.3 is 9.88 Å². The molecular weight excluding hydrogens is 298 g/mol. The molecule has 0 spiro atoms. The third-order valence-corrected chi connectivity index (χ3v) is 4.00. The van der Waals surface area contributed by atoms with Gasteiger partial charge in [-0.15, -0.1) is 0 Å². The second-order valence-corrected chi connectivity index (χ2v) is 6.52. The Hall–Kier alpha value is -2.62. The fourth-order valence-electron chi connectivity index (χ4n) is 2.92. The van der Waals surface area contributed by atoms with Crippen LogP contribution in [0.25, 0.3) is 11.0 Å². The molecule has 0 aliphatic carbocycles. The van der Waals surface area contributed by atoms with E-state index in [0.29, 0.717) is 11.5 Å². The normalized spacial score (nSPS) is 12.5. The van der Waals surface area contributed by atoms with E-state index in [0.717, 1.165) is 23.4 Å². The molecule has 0 aliphatic heterocycles. The number of hydrogen-bond acceptors (Lipinski definition) is 2. The Morgan fingerprint density at radius 2 is 1.71 bits per heavy atom. The van der Waals surface area contributed by atoms with Gasteiger partial charge in [-0.1, -0.05) is 44.2 Å². The Balaban J connectivity index is 1.91. The quantitative estimate of drug-likeness (QED) is 0.766. The Labute approximate surface area is 142 Å². The van der Waals surface area contributed by atoms with Crippen LogP contribution in [0.2, 0.25) is 0 Å². The predicted octanol–water partition coefficient (Wildman–Crippen LogP) is 4.18. The number of hydrogen-bond donors (Lipinski definition) is 1. The summed E-state index contributed by atoms with van der Waals surface area (Å²) in [7, 11) is 0. The van der Waals surface area contributed by atoms with Gasteiger partial charge in [0.05, 0.1) is 17.1 Å². The number of rotatable bonds is 5. The molecule has 4 nitrogen and oxygen atoms in total. The highest BCUT2D eigenvalue weighted by molar-refractivity contribution is 5.94. The van der Waals surface area contributed by atoms with E-state index < -0.39 is 0 Å². The average Bonchev–Trinajstić information content (AvgIpc) is 2.94. The van der Waals surface area contributed by atoms with Crippen molar-refractivity contribution < 1.29 is 4.79 Å². The van der Waals surface area contributed by atoms with E-state index in [4.69, 9.17) is 4.98 Å². The van der Waals surface area contributed by atoms with Gasteiger partial charge in [-0.2, -0.15) is 0 Å². The number of fused-ring (bicyclic) bond motifs is 1. The van der Waals surface area contributed by atoms with E-state index in [2.05, 4.69) is 29.8 Å². The first-order valence-electron chi connectivity index (χ1n) is 8.37. The van der Waals surface area contributed by atoms with Crippen LogP contribution in [0, 0.1) is 5.92 Å². The fourth-order valence-corrected chi connectivity index (χ4v) is 2.92. The van der Waals surface area contributed by atoms with Crippen LogP contribution >= 0.6 is 0 Å². The number of carbonyl (C=O) groups excluding carboxylic acids is 1. The molecule has 0 aliphatic rings. The van der Waals surface area contributed by atoms with Gasteiger partial charge in [0, 0.05) is 12.1 Å². The van der Waals surface area contributed by atoms with Gasteiger partial charge in [0.2, 0.25) is 0 Å². The molecule has 0 radical (unpaired) electrons. The lowest BCUT2D eigenvalue weighted by molar-refractivity contribution is 0.0937. The topological polar surface area (TPSA) is 46.9 Å². The summed E-state index contributed by atoms with van der Waals surface area (Å²) < 4.78 is 2.22. The smallest absolute Gasteiger partial charge is 0.251 e. The first kappa shape index (κ1) is 16.2. The molecule has 124 valence electrons. The van der Waals surface area contributed by atoms with Gasteiger partial charge in [-0.3, -0.25) is 4.79 Å². The van der Waals surface area contributed by atoms with Crippen molar-refractivity contribution in [3.63, 3.8) is 0 Å². The standard InChI is InChI=1S/C20H23N3O/c1-14(2)13-23-18-12-8-7-11-17(18)22-19(23)15(3)21-20(24)16-9-5-4-6-10-16/h4-12,14-15H,13H2,1-3H3,(H,21,24)/t15-/m1/s1. The third kappa shape index (κ3) is 3.32. The SMILES string of the molecule is CC(C)Cn1c([C@@H](C)NC(=O)c2ccccc2)nc2ccccc21. The van der Waals surface area contributed by atoms with Crippen LogP contribution in [0.15, 0.2) is 54.6 Å². The molecular formula is C20H23N3O. The highest BCUT2D eigenvalue weighted by atomic mass is 16.1. The first-order chi connectivity index (χ1) is 11.6. The minimum absolute atomic E-state index is 0.0775. The number of imidazole rings is 1. The van der Waals surface area contributed by atoms with Crippen LogP contribution in [0.3, 0.4) is 0 Å². The largest absolute Gasteiger partial charge is 0.342 e. The molecule has 1 heterocycles. The zero-order valence-corrected chi connectivity index (χ0v) is 14.4. The van der Waals surface area contributed by atoms with Gasteiger partial charge >= 0.3 is 0 Å². The van der Waals surface area contributed by atoms with Crippen molar-refractivity contribution in [3.05, 3.63) is 66.0 Å². The van der Waals surface area contributed by atoms with Crippen molar-refractivity contribution in [2.24, 2.45) is 5.92 Å². The molecule has 0 bridgehead atoms. The summed E-state index contributed by atoms with van der Waals surface area (Å²) in [4.78, 5) is 17.2. The molecule has 24 heavy (non-hydrogen) atoms. The number of aromatic nitrogens is 2. The number of para-hydroxylation sites is 2. The fraction of sp³-hybridized carbons (Fsp3) is 0.300. The number of benzene rings is 2. The summed E-state index contributed by atoms with van der Waals surface area (Å²) in [5, 5.41) is 3.06. The zero-order chi connectivity index (χ0) is 17.1. The molecule has 4 heteroatoms. The second kappa shape index (κ2) is 6.87. The second-order valence-electron chi connectivity index (χ2n) is 6.52. The molecule has 0 fully saturated rings. The molecule has 0 saturated heterocycles. The van der Waals surface area contributed by atoms with E-state index in [9.17, 15) is 4.79 Å². The van der Waals surface area contributed by atoms with Gasteiger partial charge in [0.15, 0.2) is 0 Å². The molecule has 3 rings (SSSR count). The van der Waals surface area contributed by atoms with Gasteiger partial charge in [0.1, 0.15) is 5.82 Å². The van der Waals surface area contributed by atoms with E-state index in [1.165, 1.54) is 0 Å². The number of nitrogens with zero attached hydrogens (tertiary/aromatic N) is 2. The van der Waals surface area contributed by atoms with Crippen LogP contribution in [0.5, 0.6) is 0 Å². The maximum Gasteiger partial charge on any atom is 0.251 e. The van der Waals surface area contributed by atoms with E-state index in [1.54, 1.807) is 0 Å². The zero-order valence-electron chi connectivity index (χ0n) is 14.4. The molecule has 0 saturated carbocycles. The lowest BCUT2D eigenvalue weighted by atomic mass is 10.2. The van der Waals surface area contributed by atoms with Crippen LogP contribution in [0.1, 0.15) is 43.0 Å². The van der Waals surface area contributed by atoms with Crippen molar-refractivity contribution in [1.82, 2.24) is 14.9 Å². The highest BCUT2D eigenvalue weighted by Crippen LogP contribution is 2.22. The van der Waals surface area contributed by atoms with Crippen LogP contribution in [-0.4, -0.2) is 15.5 Å². The molecule has 1 atom stereocenters. The number of nitrogens with one attached hydrogen (secondary N) is 1. The molecule has 1 amide bonds. The molecule has 0 unspecified atom stereocenters. The highest BCUT2D eigenvalue weighted by Gasteiger charge is 2.19. The first-order valence-corrected chi connectivity index (χ1v) is 8.37. The Kier molecular flexibility index (Phi) is 4.65. The average molecular weight is 321 g/mol. The summed E-state index contributed by atoms with van der Waals surface area (Å²) in [5.74, 6) is 1.32. The number of carbonyl (C=O) groups is 1. The maximum absolute atomic E-state index is 12.4. The van der Waals surface area contributed by atoms with Crippen molar-refractivity contribution in [2.45, 2.75) is 33.4 Å². The molecule has 2 aromatic carbocycles. The van der Waals surface area contributed by atoms with Crippen molar-refractivity contribution in [3.8, 4) is 0 Å². The Morgan fingerprint density at radius 3 is 2.42 bits per heavy atom. The predicted molar refractivity (Wildman–Crippen MR) is 96.9 cm³/mol. The van der Waals surface area contributed by atoms with E-state index in [1.807, 2.05) is 55.5 Å². The van der Waals surface area contributed by atoms with Crippen molar-refractivity contribution >= 4 is 16.9 Å². The number of amides is 1. The van der Waals surface area contributed by atoms with E-state index in [-0.39, 0.29) is 11.9 Å². The summed E-state index contributed by atoms with van der Waals surface area (Å²) >= 11 is 0. The lowest BCUT2D eigenvalue weighted by Crippen LogP contribution is -2.29. The summed E-state index contributed by atoms with van der Waals surface area (Å²) in [5.41, 5.74) is 2.74. The van der Waals surface area contributed by atoms with E-state index >= 15 is 0 Å². The summed E-state index contributed by atoms with van der Waals surface area (Å²) in [6, 6.07) is 17.2. The molecule has 1 N–H and O–H groups in total. The van der Waals surface area contributed by atoms with Crippen molar-refractivity contribution in [2.75, 3.05) is 0 Å². The molecule has 3 aromatic rings. The minimum Gasteiger partial charge on any atom is -0.342 e. The van der Waals surface area contributed by atoms with Gasteiger partial charge in [-0.25, -0.2) is 4.98 Å². The summed E-state index contributed by atoms with van der Waals surface area (Å²) in [6.45, 7) is 7.23. The van der Waals surface area contributed by atoms with Crippen LogP contribution < -0.4 is 5.32 Å². The summed E-state index contributed by atoms with van der Waals surface area (Å²) in [6.07, 6.45) is 0. The van der Waals surface area contributed by atoms with Crippen LogP contribution in [-0.2, 0) is 6.54 Å². The minimum atomic E-state index is -0.163. The third-order valence-electron chi connectivity index (χ3n) is 4.00. The maximum atomic E-state index is 12.4. The Morgan fingerprint density at radius 1 is 1.04 bits per heavy atom. The van der Waals surface area contributed by atoms with Crippen molar-refractivity contribution in [1.29, 1.82) is 0 Å². The lowest BCUT2D eigenvalue weighted by Gasteiger charge is -2.17. The van der Waals surface area contributed by atoms with Crippen LogP contribution in [0.4, 0.5) is 0 Å². The Bertz CT molecular complexity index is 836. The van der Waals surface area contributed by atoms with Gasteiger partial charge in [0.25, 0.3) is 5.91 Å². The van der Waals surface area contributed by atoms with Gasteiger partial charge in [-0.05, 0) is 37.1 Å². The monoisotopic (exact) mass is 321 g/mol. The molecule has 1 aromatic heterocycles.